The summed E-state index contributed by atoms with van der Waals surface area (Å²) in [6.45, 7) is 4.09. The first kappa shape index (κ1) is 13.6. The molecule has 4 heteroatoms. The average Bonchev–Trinajstić information content (AvgIpc) is 3.00. The van der Waals surface area contributed by atoms with E-state index < -0.39 is 0 Å². The Morgan fingerprint density at radius 2 is 2.25 bits per heavy atom. The molecule has 1 aliphatic heterocycles. The fourth-order valence-corrected chi connectivity index (χ4v) is 3.56. The summed E-state index contributed by atoms with van der Waals surface area (Å²) in [5.41, 5.74) is 3.00. The summed E-state index contributed by atoms with van der Waals surface area (Å²) < 4.78 is 5.06. The largest absolute Gasteiger partial charge is 0.461 e. The van der Waals surface area contributed by atoms with Crippen LogP contribution in [-0.4, -0.2) is 24.1 Å². The minimum absolute atomic E-state index is 0.306. The Bertz CT molecular complexity index is 495. The molecule has 4 nitrogen and oxygen atoms in total. The monoisotopic (exact) mass is 274 g/mol. The SMILES string of the molecule is CCOC(=O)c1cc2c(cn1)CNCC2C1CCCC1. The highest BCUT2D eigenvalue weighted by Crippen LogP contribution is 2.39. The summed E-state index contributed by atoms with van der Waals surface area (Å²) in [4.78, 5) is 16.1. The molecule has 20 heavy (non-hydrogen) atoms. The number of hydrogen-bond donors (Lipinski definition) is 1. The number of carbonyl (C=O) groups excluding carboxylic acids is 1. The van der Waals surface area contributed by atoms with E-state index >= 15 is 0 Å². The van der Waals surface area contributed by atoms with Crippen molar-refractivity contribution in [2.75, 3.05) is 13.2 Å². The number of esters is 1. The Morgan fingerprint density at radius 3 is 3.00 bits per heavy atom. The van der Waals surface area contributed by atoms with Crippen LogP contribution in [0.5, 0.6) is 0 Å². The number of carbonyl (C=O) groups is 1. The second-order valence-electron chi connectivity index (χ2n) is 5.77. The molecule has 3 rings (SSSR count). The number of pyridine rings is 1. The van der Waals surface area contributed by atoms with E-state index in [9.17, 15) is 4.79 Å². The van der Waals surface area contributed by atoms with Crippen molar-refractivity contribution in [3.63, 3.8) is 0 Å². The van der Waals surface area contributed by atoms with E-state index in [-0.39, 0.29) is 5.97 Å². The third kappa shape index (κ3) is 2.57. The van der Waals surface area contributed by atoms with Gasteiger partial charge in [0.25, 0.3) is 0 Å². The predicted molar refractivity (Wildman–Crippen MR) is 76.6 cm³/mol. The first-order valence-electron chi connectivity index (χ1n) is 7.66. The molecule has 1 aromatic heterocycles. The molecule has 1 aliphatic carbocycles. The fraction of sp³-hybridized carbons (Fsp3) is 0.625. The number of nitrogens with zero attached hydrogens (tertiary/aromatic N) is 1. The van der Waals surface area contributed by atoms with Crippen LogP contribution in [0.2, 0.25) is 0 Å². The lowest BCUT2D eigenvalue weighted by molar-refractivity contribution is 0.0519. The molecule has 0 bridgehead atoms. The summed E-state index contributed by atoms with van der Waals surface area (Å²) >= 11 is 0. The fourth-order valence-electron chi connectivity index (χ4n) is 3.56. The molecule has 0 radical (unpaired) electrons. The molecule has 0 spiro atoms. The van der Waals surface area contributed by atoms with Gasteiger partial charge >= 0.3 is 5.97 Å². The quantitative estimate of drug-likeness (QED) is 0.861. The second kappa shape index (κ2) is 5.92. The first-order chi connectivity index (χ1) is 9.79. The summed E-state index contributed by atoms with van der Waals surface area (Å²) in [5.74, 6) is 0.968. The van der Waals surface area contributed by atoms with Crippen molar-refractivity contribution in [2.24, 2.45) is 5.92 Å². The van der Waals surface area contributed by atoms with Crippen molar-refractivity contribution in [2.45, 2.75) is 45.1 Å². The molecule has 2 aliphatic rings. The Kier molecular flexibility index (Phi) is 4.01. The minimum Gasteiger partial charge on any atom is -0.461 e. The molecular formula is C16H22N2O2. The van der Waals surface area contributed by atoms with Crippen molar-refractivity contribution in [1.29, 1.82) is 0 Å². The highest BCUT2D eigenvalue weighted by Gasteiger charge is 2.30. The van der Waals surface area contributed by atoms with E-state index in [0.29, 0.717) is 18.2 Å². The van der Waals surface area contributed by atoms with Gasteiger partial charge in [-0.25, -0.2) is 9.78 Å². The van der Waals surface area contributed by atoms with E-state index in [0.717, 1.165) is 19.0 Å². The van der Waals surface area contributed by atoms with Gasteiger partial charge in [-0.3, -0.25) is 0 Å². The van der Waals surface area contributed by atoms with Gasteiger partial charge in [-0.15, -0.1) is 0 Å². The van der Waals surface area contributed by atoms with Gasteiger partial charge in [0.05, 0.1) is 6.61 Å². The second-order valence-corrected chi connectivity index (χ2v) is 5.77. The average molecular weight is 274 g/mol. The maximum Gasteiger partial charge on any atom is 0.356 e. The van der Waals surface area contributed by atoms with E-state index in [1.807, 2.05) is 19.2 Å². The Morgan fingerprint density at radius 1 is 1.45 bits per heavy atom. The van der Waals surface area contributed by atoms with Crippen LogP contribution in [0.4, 0.5) is 0 Å². The maximum atomic E-state index is 11.9. The van der Waals surface area contributed by atoms with Gasteiger partial charge in [0.15, 0.2) is 0 Å². The number of aromatic nitrogens is 1. The van der Waals surface area contributed by atoms with Gasteiger partial charge in [-0.2, -0.15) is 0 Å². The van der Waals surface area contributed by atoms with Crippen molar-refractivity contribution in [3.8, 4) is 0 Å². The van der Waals surface area contributed by atoms with Gasteiger partial charge in [0.2, 0.25) is 0 Å². The Labute approximate surface area is 119 Å². The van der Waals surface area contributed by atoms with Crippen LogP contribution in [-0.2, 0) is 11.3 Å². The van der Waals surface area contributed by atoms with Crippen molar-refractivity contribution in [3.05, 3.63) is 29.1 Å². The third-order valence-corrected chi connectivity index (χ3v) is 4.56. The molecule has 1 aromatic rings. The lowest BCUT2D eigenvalue weighted by Gasteiger charge is -2.30. The molecule has 1 N–H and O–H groups in total. The van der Waals surface area contributed by atoms with Crippen LogP contribution in [0.3, 0.4) is 0 Å². The number of nitrogens with one attached hydrogen (secondary N) is 1. The zero-order chi connectivity index (χ0) is 13.9. The molecular weight excluding hydrogens is 252 g/mol. The van der Waals surface area contributed by atoms with Crippen molar-refractivity contribution >= 4 is 5.97 Å². The van der Waals surface area contributed by atoms with Crippen molar-refractivity contribution in [1.82, 2.24) is 10.3 Å². The van der Waals surface area contributed by atoms with Crippen LogP contribution in [0.1, 0.15) is 60.1 Å². The Balaban J connectivity index is 1.89. The third-order valence-electron chi connectivity index (χ3n) is 4.56. The molecule has 0 amide bonds. The Hall–Kier alpha value is -1.42. The van der Waals surface area contributed by atoms with E-state index in [4.69, 9.17) is 4.74 Å². The molecule has 0 aromatic carbocycles. The van der Waals surface area contributed by atoms with Gasteiger partial charge in [0, 0.05) is 19.3 Å². The highest BCUT2D eigenvalue weighted by molar-refractivity contribution is 5.87. The van der Waals surface area contributed by atoms with Crippen LogP contribution >= 0.6 is 0 Å². The van der Waals surface area contributed by atoms with E-state index in [1.165, 1.54) is 36.8 Å². The molecule has 2 heterocycles. The smallest absolute Gasteiger partial charge is 0.356 e. The molecule has 1 saturated carbocycles. The number of ether oxygens (including phenoxy) is 1. The summed E-state index contributed by atoms with van der Waals surface area (Å²) in [6, 6.07) is 1.97. The lowest BCUT2D eigenvalue weighted by Crippen LogP contribution is -2.32. The summed E-state index contributed by atoms with van der Waals surface area (Å²) in [6.07, 6.45) is 7.14. The number of hydrogen-bond acceptors (Lipinski definition) is 4. The van der Waals surface area contributed by atoms with Crippen LogP contribution in [0, 0.1) is 5.92 Å². The lowest BCUT2D eigenvalue weighted by atomic mass is 9.81. The van der Waals surface area contributed by atoms with Gasteiger partial charge < -0.3 is 10.1 Å². The molecule has 1 atom stereocenters. The zero-order valence-corrected chi connectivity index (χ0v) is 12.0. The predicted octanol–water partition coefficient (Wildman–Crippen LogP) is 2.64. The molecule has 1 fully saturated rings. The number of rotatable bonds is 3. The molecule has 0 saturated heterocycles. The zero-order valence-electron chi connectivity index (χ0n) is 12.0. The maximum absolute atomic E-state index is 11.9. The first-order valence-corrected chi connectivity index (χ1v) is 7.66. The van der Waals surface area contributed by atoms with Gasteiger partial charge in [-0.1, -0.05) is 12.8 Å². The highest BCUT2D eigenvalue weighted by atomic mass is 16.5. The molecule has 1 unspecified atom stereocenters. The van der Waals surface area contributed by atoms with Gasteiger partial charge in [-0.05, 0) is 48.8 Å². The van der Waals surface area contributed by atoms with Crippen LogP contribution in [0.25, 0.3) is 0 Å². The van der Waals surface area contributed by atoms with Gasteiger partial charge in [0.1, 0.15) is 5.69 Å². The van der Waals surface area contributed by atoms with Crippen LogP contribution < -0.4 is 5.32 Å². The van der Waals surface area contributed by atoms with E-state index in [1.54, 1.807) is 0 Å². The standard InChI is InChI=1S/C16H22N2O2/c1-2-20-16(19)15-7-13-12(9-18-15)8-17-10-14(13)11-5-3-4-6-11/h7,9,11,14,17H,2-6,8,10H2,1H3. The summed E-state index contributed by atoms with van der Waals surface area (Å²) in [5, 5.41) is 3.49. The summed E-state index contributed by atoms with van der Waals surface area (Å²) in [7, 11) is 0. The van der Waals surface area contributed by atoms with E-state index in [2.05, 4.69) is 10.3 Å². The number of fused-ring (bicyclic) bond motifs is 1. The van der Waals surface area contributed by atoms with Crippen molar-refractivity contribution < 1.29 is 9.53 Å². The normalized spacial score (nSPS) is 22.6. The molecule has 108 valence electrons. The van der Waals surface area contributed by atoms with Crippen LogP contribution in [0.15, 0.2) is 12.3 Å². The minimum atomic E-state index is -0.306. The topological polar surface area (TPSA) is 51.2 Å².